The van der Waals surface area contributed by atoms with Crippen molar-refractivity contribution in [3.8, 4) is 0 Å². The van der Waals surface area contributed by atoms with E-state index in [4.69, 9.17) is 26.8 Å². The van der Waals surface area contributed by atoms with Crippen molar-refractivity contribution in [1.82, 2.24) is 19.5 Å². The first-order valence-corrected chi connectivity index (χ1v) is 8.69. The van der Waals surface area contributed by atoms with Gasteiger partial charge in [-0.15, -0.1) is 0 Å². The molecule has 0 saturated carbocycles. The first-order valence-electron chi connectivity index (χ1n) is 8.31. The molecular weight excluding hydrogens is 393 g/mol. The van der Waals surface area contributed by atoms with Crippen LogP contribution in [0.5, 0.6) is 0 Å². The monoisotopic (exact) mass is 407 g/mol. The maximum atomic E-state index is 14.7. The van der Waals surface area contributed by atoms with Crippen LogP contribution in [0.4, 0.5) is 10.3 Å². The van der Waals surface area contributed by atoms with Crippen LogP contribution in [0.3, 0.4) is 0 Å². The molecule has 4 rings (SSSR count). The standard InChI is InChI=1S/C17H15ClFN5O4/c18-13-11-14(23-17(20)22-13)24(7-21-11)15-10(19)12(25)9(28-15)6-27-16(26)8-4-2-1-3-5-8/h1-5,7,9-10,12,15,25H,6H2,(H2,20,22,23)/t9-,10+,12-,15-/m1/s1. The molecule has 11 heteroatoms. The molecule has 1 aromatic carbocycles. The van der Waals surface area contributed by atoms with Crippen LogP contribution in [-0.4, -0.2) is 55.6 Å². The highest BCUT2D eigenvalue weighted by molar-refractivity contribution is 6.33. The molecule has 9 nitrogen and oxygen atoms in total. The van der Waals surface area contributed by atoms with E-state index in [9.17, 15) is 14.3 Å². The lowest BCUT2D eigenvalue weighted by atomic mass is 10.1. The molecule has 0 aliphatic carbocycles. The molecule has 2 aromatic heterocycles. The molecular formula is C17H15ClFN5O4. The summed E-state index contributed by atoms with van der Waals surface area (Å²) in [6, 6.07) is 8.31. The molecule has 0 radical (unpaired) electrons. The Morgan fingerprint density at radius 3 is 2.86 bits per heavy atom. The van der Waals surface area contributed by atoms with Gasteiger partial charge in [0.05, 0.1) is 11.9 Å². The number of aliphatic hydroxyl groups is 1. The van der Waals surface area contributed by atoms with Crippen molar-refractivity contribution < 1.29 is 23.8 Å². The van der Waals surface area contributed by atoms with Gasteiger partial charge >= 0.3 is 5.97 Å². The van der Waals surface area contributed by atoms with Gasteiger partial charge in [-0.25, -0.2) is 14.2 Å². The summed E-state index contributed by atoms with van der Waals surface area (Å²) in [4.78, 5) is 23.9. The fraction of sp³-hybridized carbons (Fsp3) is 0.294. The van der Waals surface area contributed by atoms with Crippen molar-refractivity contribution >= 4 is 34.7 Å². The second-order valence-electron chi connectivity index (χ2n) is 6.16. The van der Waals surface area contributed by atoms with Crippen LogP contribution < -0.4 is 5.73 Å². The second kappa shape index (κ2) is 7.30. The molecule has 1 fully saturated rings. The van der Waals surface area contributed by atoms with Crippen molar-refractivity contribution in [1.29, 1.82) is 0 Å². The fourth-order valence-electron chi connectivity index (χ4n) is 2.96. The average Bonchev–Trinajstić information content (AvgIpc) is 3.22. The maximum Gasteiger partial charge on any atom is 0.338 e. The highest BCUT2D eigenvalue weighted by Gasteiger charge is 2.46. The van der Waals surface area contributed by atoms with Gasteiger partial charge in [-0.3, -0.25) is 4.57 Å². The summed E-state index contributed by atoms with van der Waals surface area (Å²) in [6.07, 6.45) is -4.37. The third-order valence-electron chi connectivity index (χ3n) is 4.35. The van der Waals surface area contributed by atoms with Gasteiger partial charge in [0.25, 0.3) is 0 Å². The Bertz CT molecular complexity index is 1020. The minimum atomic E-state index is -1.81. The number of esters is 1. The van der Waals surface area contributed by atoms with Crippen LogP contribution in [-0.2, 0) is 9.47 Å². The van der Waals surface area contributed by atoms with Crippen LogP contribution in [0.1, 0.15) is 16.6 Å². The Hall–Kier alpha value is -2.82. The lowest BCUT2D eigenvalue weighted by Gasteiger charge is -2.15. The Morgan fingerprint density at radius 1 is 1.36 bits per heavy atom. The van der Waals surface area contributed by atoms with E-state index in [1.807, 2.05) is 0 Å². The third-order valence-corrected chi connectivity index (χ3v) is 4.62. The van der Waals surface area contributed by atoms with Gasteiger partial charge in [0.2, 0.25) is 5.95 Å². The zero-order chi connectivity index (χ0) is 19.8. The van der Waals surface area contributed by atoms with E-state index in [0.29, 0.717) is 5.56 Å². The highest BCUT2D eigenvalue weighted by atomic mass is 35.5. The Morgan fingerprint density at radius 2 is 2.11 bits per heavy atom. The molecule has 0 bridgehead atoms. The number of fused-ring (bicyclic) bond motifs is 1. The Labute approximate surface area is 162 Å². The van der Waals surface area contributed by atoms with Crippen LogP contribution >= 0.6 is 11.6 Å². The normalized spacial score (nSPS) is 24.5. The summed E-state index contributed by atoms with van der Waals surface area (Å²) in [7, 11) is 0. The number of anilines is 1. The summed E-state index contributed by atoms with van der Waals surface area (Å²) < 4.78 is 26.7. The summed E-state index contributed by atoms with van der Waals surface area (Å²) >= 11 is 5.97. The molecule has 0 spiro atoms. The number of hydrogen-bond acceptors (Lipinski definition) is 8. The number of aromatic nitrogens is 4. The van der Waals surface area contributed by atoms with E-state index in [1.165, 1.54) is 10.9 Å². The SMILES string of the molecule is Nc1nc(Cl)c2ncn([C@@H]3O[C@H](COC(=O)c4ccccc4)[C@@H](O)[C@@H]3F)c2n1. The largest absolute Gasteiger partial charge is 0.459 e. The number of aliphatic hydroxyl groups excluding tert-OH is 1. The molecule has 28 heavy (non-hydrogen) atoms. The number of nitrogens with two attached hydrogens (primary N) is 1. The van der Waals surface area contributed by atoms with Gasteiger partial charge in [0.15, 0.2) is 23.2 Å². The van der Waals surface area contributed by atoms with Crippen LogP contribution in [0.25, 0.3) is 11.2 Å². The number of carbonyl (C=O) groups excluding carboxylic acids is 1. The number of nitrogens with zero attached hydrogens (tertiary/aromatic N) is 4. The van der Waals surface area contributed by atoms with Gasteiger partial charge in [0, 0.05) is 0 Å². The van der Waals surface area contributed by atoms with Crippen molar-refractivity contribution in [3.05, 3.63) is 47.4 Å². The molecule has 3 heterocycles. The van der Waals surface area contributed by atoms with Gasteiger partial charge in [0.1, 0.15) is 24.3 Å². The van der Waals surface area contributed by atoms with E-state index in [1.54, 1.807) is 30.3 Å². The van der Waals surface area contributed by atoms with Gasteiger partial charge < -0.3 is 20.3 Å². The summed E-state index contributed by atoms with van der Waals surface area (Å²) in [5.74, 6) is -0.711. The van der Waals surface area contributed by atoms with Crippen LogP contribution in [0.2, 0.25) is 5.15 Å². The highest BCUT2D eigenvalue weighted by Crippen LogP contribution is 2.34. The van der Waals surface area contributed by atoms with Crippen molar-refractivity contribution in [2.45, 2.75) is 24.6 Å². The summed E-state index contributed by atoms with van der Waals surface area (Å²) in [5.41, 5.74) is 6.31. The molecule has 1 saturated heterocycles. The van der Waals surface area contributed by atoms with Crippen LogP contribution in [0.15, 0.2) is 36.7 Å². The number of hydrogen-bond donors (Lipinski definition) is 2. The molecule has 3 N–H and O–H groups in total. The van der Waals surface area contributed by atoms with Gasteiger partial charge in [-0.1, -0.05) is 29.8 Å². The number of ether oxygens (including phenoxy) is 2. The Balaban J connectivity index is 1.51. The first kappa shape index (κ1) is 18.5. The number of imidazole rings is 1. The number of rotatable bonds is 4. The molecule has 0 amide bonds. The van der Waals surface area contributed by atoms with Gasteiger partial charge in [-0.2, -0.15) is 9.97 Å². The maximum absolute atomic E-state index is 14.7. The quantitative estimate of drug-likeness (QED) is 0.492. The molecule has 1 aliphatic heterocycles. The summed E-state index contributed by atoms with van der Waals surface area (Å²) in [6.45, 7) is -0.323. The van der Waals surface area contributed by atoms with E-state index < -0.39 is 30.6 Å². The van der Waals surface area contributed by atoms with E-state index in [-0.39, 0.29) is 28.9 Å². The molecule has 1 aliphatic rings. The third kappa shape index (κ3) is 3.26. The number of carbonyl (C=O) groups is 1. The molecule has 3 aromatic rings. The minimum absolute atomic E-state index is 0.0172. The lowest BCUT2D eigenvalue weighted by molar-refractivity contribution is -0.0529. The predicted molar refractivity (Wildman–Crippen MR) is 96.3 cm³/mol. The Kier molecular flexibility index (Phi) is 4.84. The van der Waals surface area contributed by atoms with Crippen LogP contribution in [0, 0.1) is 0 Å². The molecule has 146 valence electrons. The van der Waals surface area contributed by atoms with E-state index in [2.05, 4.69) is 15.0 Å². The van der Waals surface area contributed by atoms with Crippen molar-refractivity contribution in [3.63, 3.8) is 0 Å². The lowest BCUT2D eigenvalue weighted by Crippen LogP contribution is -2.32. The number of benzene rings is 1. The zero-order valence-electron chi connectivity index (χ0n) is 14.3. The van der Waals surface area contributed by atoms with Crippen molar-refractivity contribution in [2.24, 2.45) is 0 Å². The second-order valence-corrected chi connectivity index (χ2v) is 6.52. The number of nitrogen functional groups attached to an aromatic ring is 1. The average molecular weight is 408 g/mol. The predicted octanol–water partition coefficient (Wildman–Crippen LogP) is 1.52. The molecule has 0 unspecified atom stereocenters. The number of alkyl halides is 1. The zero-order valence-corrected chi connectivity index (χ0v) is 15.0. The number of halogens is 2. The molecule has 4 atom stereocenters. The summed E-state index contributed by atoms with van der Waals surface area (Å²) in [5, 5.41) is 10.2. The first-order chi connectivity index (χ1) is 13.5. The van der Waals surface area contributed by atoms with Crippen molar-refractivity contribution in [2.75, 3.05) is 12.3 Å². The van der Waals surface area contributed by atoms with Gasteiger partial charge in [-0.05, 0) is 12.1 Å². The van der Waals surface area contributed by atoms with E-state index >= 15 is 0 Å². The topological polar surface area (TPSA) is 125 Å². The minimum Gasteiger partial charge on any atom is -0.459 e. The van der Waals surface area contributed by atoms with E-state index in [0.717, 1.165) is 0 Å². The fourth-order valence-corrected chi connectivity index (χ4v) is 3.18. The smallest absolute Gasteiger partial charge is 0.338 e.